The summed E-state index contributed by atoms with van der Waals surface area (Å²) >= 11 is 0. The molecule has 5 heteroatoms. The summed E-state index contributed by atoms with van der Waals surface area (Å²) in [6.45, 7) is 7.42. The van der Waals surface area contributed by atoms with E-state index in [1.54, 1.807) is 0 Å². The number of hydrogen-bond acceptors (Lipinski definition) is 5. The quantitative estimate of drug-likeness (QED) is 0.0347. The second-order valence-electron chi connectivity index (χ2n) is 15.9. The Bertz CT molecular complexity index is 1290. The maximum absolute atomic E-state index is 12.7. The lowest BCUT2D eigenvalue weighted by Crippen LogP contribution is -2.30. The summed E-state index contributed by atoms with van der Waals surface area (Å²) in [7, 11) is 0. The van der Waals surface area contributed by atoms with Crippen LogP contribution in [0.15, 0.2) is 122 Å². The van der Waals surface area contributed by atoms with Gasteiger partial charge in [-0.1, -0.05) is 200 Å². The minimum atomic E-state index is -0.607. The molecule has 0 aromatic heterocycles. The van der Waals surface area contributed by atoms with Crippen LogP contribution in [0.2, 0.25) is 0 Å². The van der Waals surface area contributed by atoms with Crippen molar-refractivity contribution < 1.29 is 23.8 Å². The van der Waals surface area contributed by atoms with E-state index in [0.29, 0.717) is 19.4 Å². The van der Waals surface area contributed by atoms with Crippen molar-refractivity contribution in [1.82, 2.24) is 0 Å². The Kier molecular flexibility index (Phi) is 48.6. The van der Waals surface area contributed by atoms with Crippen LogP contribution in [0.5, 0.6) is 0 Å². The molecule has 1 atom stereocenters. The van der Waals surface area contributed by atoms with Crippen LogP contribution in [-0.4, -0.2) is 37.9 Å². The third-order valence-electron chi connectivity index (χ3n) is 9.98. The van der Waals surface area contributed by atoms with Crippen molar-refractivity contribution in [3.05, 3.63) is 122 Å². The number of ether oxygens (including phenoxy) is 3. The van der Waals surface area contributed by atoms with Gasteiger partial charge in [0.2, 0.25) is 0 Å². The van der Waals surface area contributed by atoms with Gasteiger partial charge < -0.3 is 14.2 Å². The van der Waals surface area contributed by atoms with E-state index in [9.17, 15) is 9.59 Å². The molecule has 0 aliphatic heterocycles. The van der Waals surface area contributed by atoms with Crippen LogP contribution >= 0.6 is 0 Å². The summed E-state index contributed by atoms with van der Waals surface area (Å²) in [5.41, 5.74) is 0. The minimum Gasteiger partial charge on any atom is -0.462 e. The Morgan fingerprint density at radius 3 is 1.24 bits per heavy atom. The van der Waals surface area contributed by atoms with Gasteiger partial charge in [-0.05, 0) is 109 Å². The molecule has 0 heterocycles. The van der Waals surface area contributed by atoms with Gasteiger partial charge in [0.05, 0.1) is 6.61 Å². The molecule has 0 aliphatic carbocycles. The molecule has 5 nitrogen and oxygen atoms in total. The Balaban J connectivity index is 4.47. The molecular weight excluding hydrogens is 765 g/mol. The Morgan fingerprint density at radius 1 is 0.371 bits per heavy atom. The van der Waals surface area contributed by atoms with Crippen LogP contribution < -0.4 is 0 Å². The zero-order valence-corrected chi connectivity index (χ0v) is 40.1. The molecule has 0 saturated carbocycles. The van der Waals surface area contributed by atoms with E-state index < -0.39 is 6.10 Å². The third-order valence-corrected chi connectivity index (χ3v) is 9.98. The van der Waals surface area contributed by atoms with Crippen LogP contribution in [0, 0.1) is 0 Å². The van der Waals surface area contributed by atoms with E-state index in [0.717, 1.165) is 83.5 Å². The first-order valence-electron chi connectivity index (χ1n) is 25.1. The molecule has 0 aliphatic rings. The summed E-state index contributed by atoms with van der Waals surface area (Å²) in [5, 5.41) is 0. The highest BCUT2D eigenvalue weighted by atomic mass is 16.6. The summed E-state index contributed by atoms with van der Waals surface area (Å²) < 4.78 is 17.2. The SMILES string of the molecule is CC/C=C\C/C=C\C/C=C\C/C=C\C/C=C\CCCC(=O)OCC(COCCCCCCCC/C=C\CCCCCCCC)OC(=O)CC/C=C\C/C=C\C/C=C\C/C=C\CC. The van der Waals surface area contributed by atoms with Gasteiger partial charge in [-0.3, -0.25) is 9.59 Å². The Morgan fingerprint density at radius 2 is 0.758 bits per heavy atom. The maximum atomic E-state index is 12.7. The number of hydrogen-bond donors (Lipinski definition) is 0. The molecule has 0 fully saturated rings. The van der Waals surface area contributed by atoms with Crippen molar-refractivity contribution in [3.63, 3.8) is 0 Å². The molecule has 0 spiro atoms. The second-order valence-corrected chi connectivity index (χ2v) is 15.9. The summed E-state index contributed by atoms with van der Waals surface area (Å²) in [4.78, 5) is 25.3. The van der Waals surface area contributed by atoms with Gasteiger partial charge in [0.15, 0.2) is 6.10 Å². The number of carbonyl (C=O) groups excluding carboxylic acids is 2. The molecule has 0 saturated heterocycles. The van der Waals surface area contributed by atoms with Crippen molar-refractivity contribution in [2.24, 2.45) is 0 Å². The van der Waals surface area contributed by atoms with Crippen molar-refractivity contribution in [2.75, 3.05) is 19.8 Å². The van der Waals surface area contributed by atoms with Crippen LogP contribution in [0.3, 0.4) is 0 Å². The lowest BCUT2D eigenvalue weighted by molar-refractivity contribution is -0.162. The molecule has 62 heavy (non-hydrogen) atoms. The smallest absolute Gasteiger partial charge is 0.306 e. The molecule has 0 amide bonds. The Labute approximate surface area is 382 Å². The number of unbranched alkanes of at least 4 members (excludes halogenated alkanes) is 13. The Hall–Kier alpha value is -3.70. The summed E-state index contributed by atoms with van der Waals surface area (Å²) in [5.74, 6) is -0.570. The standard InChI is InChI=1S/C57H92O5/c1-4-7-10-13-16-19-22-25-27-29-30-33-35-38-41-44-47-50-56(58)61-54-55(62-57(59)51-48-45-42-39-36-32-24-21-18-15-12-9-6-3)53-60-52-49-46-43-40-37-34-31-28-26-23-20-17-14-11-8-5-2/h7,9-10,12,16,18-19,21,25-28,30,32-33,36,38,41-42,45,55H,4-6,8,11,13-15,17,20,22-24,29,31,34-35,37,39-40,43-44,46-54H2,1-3H3/b10-7-,12-9-,19-16-,21-18-,27-25-,28-26-,33-30-,36-32-,41-38-,45-42-. The fraction of sp³-hybridized carbons (Fsp3) is 0.614. The zero-order chi connectivity index (χ0) is 44.9. The average molecular weight is 857 g/mol. The first-order chi connectivity index (χ1) is 30.6. The van der Waals surface area contributed by atoms with Gasteiger partial charge in [-0.2, -0.15) is 0 Å². The topological polar surface area (TPSA) is 61.8 Å². The van der Waals surface area contributed by atoms with Crippen LogP contribution in [-0.2, 0) is 23.8 Å². The molecule has 0 radical (unpaired) electrons. The van der Waals surface area contributed by atoms with E-state index >= 15 is 0 Å². The van der Waals surface area contributed by atoms with Crippen molar-refractivity contribution in [2.45, 2.75) is 207 Å². The number of rotatable bonds is 44. The van der Waals surface area contributed by atoms with Crippen molar-refractivity contribution in [3.8, 4) is 0 Å². The molecule has 0 aromatic rings. The van der Waals surface area contributed by atoms with E-state index in [2.05, 4.69) is 136 Å². The first-order valence-corrected chi connectivity index (χ1v) is 25.1. The predicted molar refractivity (Wildman–Crippen MR) is 269 cm³/mol. The second kappa shape index (κ2) is 51.6. The lowest BCUT2D eigenvalue weighted by Gasteiger charge is -2.18. The third kappa shape index (κ3) is 49.0. The molecule has 0 bridgehead atoms. The molecule has 350 valence electrons. The van der Waals surface area contributed by atoms with E-state index in [-0.39, 0.29) is 31.6 Å². The van der Waals surface area contributed by atoms with Gasteiger partial charge in [0.1, 0.15) is 6.61 Å². The maximum Gasteiger partial charge on any atom is 0.306 e. The predicted octanol–water partition coefficient (Wildman–Crippen LogP) is 17.0. The molecule has 0 N–H and O–H groups in total. The fourth-order valence-corrected chi connectivity index (χ4v) is 6.32. The molecule has 1 unspecified atom stereocenters. The summed E-state index contributed by atoms with van der Waals surface area (Å²) in [6.07, 6.45) is 72.3. The molecule has 0 aromatic carbocycles. The zero-order valence-electron chi connectivity index (χ0n) is 40.1. The summed E-state index contributed by atoms with van der Waals surface area (Å²) in [6, 6.07) is 0. The number of esters is 2. The first kappa shape index (κ1) is 58.3. The van der Waals surface area contributed by atoms with Gasteiger partial charge in [0, 0.05) is 19.4 Å². The highest BCUT2D eigenvalue weighted by Gasteiger charge is 2.17. The van der Waals surface area contributed by atoms with Crippen LogP contribution in [0.25, 0.3) is 0 Å². The monoisotopic (exact) mass is 857 g/mol. The number of allylic oxidation sites excluding steroid dienone is 20. The molecular formula is C57H92O5. The highest BCUT2D eigenvalue weighted by Crippen LogP contribution is 2.11. The van der Waals surface area contributed by atoms with Crippen molar-refractivity contribution >= 4 is 11.9 Å². The van der Waals surface area contributed by atoms with Crippen LogP contribution in [0.4, 0.5) is 0 Å². The lowest BCUT2D eigenvalue weighted by atomic mass is 10.1. The molecule has 0 rings (SSSR count). The van der Waals surface area contributed by atoms with Gasteiger partial charge in [-0.25, -0.2) is 0 Å². The minimum absolute atomic E-state index is 0.0175. The normalized spacial score (nSPS) is 13.3. The van der Waals surface area contributed by atoms with Gasteiger partial charge in [0.25, 0.3) is 0 Å². The highest BCUT2D eigenvalue weighted by molar-refractivity contribution is 5.70. The average Bonchev–Trinajstić information content (AvgIpc) is 3.27. The van der Waals surface area contributed by atoms with Crippen LogP contribution in [0.1, 0.15) is 201 Å². The van der Waals surface area contributed by atoms with Crippen molar-refractivity contribution in [1.29, 1.82) is 0 Å². The fourth-order valence-electron chi connectivity index (χ4n) is 6.32. The van der Waals surface area contributed by atoms with E-state index in [1.165, 1.54) is 77.0 Å². The van der Waals surface area contributed by atoms with E-state index in [1.807, 2.05) is 6.08 Å². The van der Waals surface area contributed by atoms with Gasteiger partial charge >= 0.3 is 11.9 Å². The number of carbonyl (C=O) groups is 2. The largest absolute Gasteiger partial charge is 0.462 e. The van der Waals surface area contributed by atoms with E-state index in [4.69, 9.17) is 14.2 Å². The van der Waals surface area contributed by atoms with Gasteiger partial charge in [-0.15, -0.1) is 0 Å².